The minimum atomic E-state index is -2.60. The Bertz CT molecular complexity index is 1070. The molecular formula is C33H47IO4Si. The second-order valence-electron chi connectivity index (χ2n) is 12.2. The van der Waals surface area contributed by atoms with Gasteiger partial charge in [0.25, 0.3) is 8.32 Å². The monoisotopic (exact) mass is 662 g/mol. The number of hydrogen-bond acceptors (Lipinski definition) is 4. The van der Waals surface area contributed by atoms with E-state index in [2.05, 4.69) is 135 Å². The highest BCUT2D eigenvalue weighted by atomic mass is 127. The summed E-state index contributed by atoms with van der Waals surface area (Å²) < 4.78 is 28.0. The van der Waals surface area contributed by atoms with Crippen LogP contribution in [0.4, 0.5) is 0 Å². The highest BCUT2D eigenvalue weighted by Crippen LogP contribution is 2.38. The van der Waals surface area contributed by atoms with Gasteiger partial charge in [-0.05, 0) is 58.3 Å². The van der Waals surface area contributed by atoms with E-state index in [-0.39, 0.29) is 29.3 Å². The zero-order chi connectivity index (χ0) is 28.8. The van der Waals surface area contributed by atoms with Crippen LogP contribution in [0.25, 0.3) is 0 Å². The second kappa shape index (κ2) is 13.6. The number of benzene rings is 2. The van der Waals surface area contributed by atoms with E-state index in [0.717, 1.165) is 12.0 Å². The van der Waals surface area contributed by atoms with Crippen molar-refractivity contribution in [3.8, 4) is 0 Å². The predicted octanol–water partition coefficient (Wildman–Crippen LogP) is 7.41. The largest absolute Gasteiger partial charge is 0.404 e. The van der Waals surface area contributed by atoms with Gasteiger partial charge in [-0.25, -0.2) is 0 Å². The minimum Gasteiger partial charge on any atom is -0.404 e. The van der Waals surface area contributed by atoms with Gasteiger partial charge in [0, 0.05) is 19.4 Å². The van der Waals surface area contributed by atoms with E-state index in [1.54, 1.807) is 7.11 Å². The van der Waals surface area contributed by atoms with Gasteiger partial charge in [-0.15, -0.1) is 0 Å². The highest BCUT2D eigenvalue weighted by Gasteiger charge is 2.50. The summed E-state index contributed by atoms with van der Waals surface area (Å²) in [7, 11) is -0.808. The third-order valence-corrected chi connectivity index (χ3v) is 13.9. The first kappa shape index (κ1) is 32.2. The topological polar surface area (TPSA) is 36.9 Å². The molecule has 6 heteroatoms. The van der Waals surface area contributed by atoms with Crippen molar-refractivity contribution in [2.75, 3.05) is 13.7 Å². The lowest BCUT2D eigenvalue weighted by atomic mass is 9.87. The number of halogens is 1. The molecule has 1 aliphatic rings. The van der Waals surface area contributed by atoms with Crippen molar-refractivity contribution in [1.82, 2.24) is 0 Å². The van der Waals surface area contributed by atoms with E-state index in [1.165, 1.54) is 15.9 Å². The lowest BCUT2D eigenvalue weighted by Crippen LogP contribution is -2.66. The number of rotatable bonds is 10. The third-order valence-electron chi connectivity index (χ3n) is 7.88. The van der Waals surface area contributed by atoms with Crippen LogP contribution in [0.15, 0.2) is 82.0 Å². The van der Waals surface area contributed by atoms with Gasteiger partial charge >= 0.3 is 0 Å². The van der Waals surface area contributed by atoms with Crippen LogP contribution in [0.2, 0.25) is 5.04 Å². The van der Waals surface area contributed by atoms with Crippen LogP contribution in [0.1, 0.15) is 61.8 Å². The van der Waals surface area contributed by atoms with Crippen molar-refractivity contribution in [2.45, 2.75) is 90.9 Å². The Labute approximate surface area is 251 Å². The molecule has 2 aromatic rings. The van der Waals surface area contributed by atoms with Crippen LogP contribution >= 0.6 is 22.6 Å². The fraction of sp³-hybridized carbons (Fsp3) is 0.515. The van der Waals surface area contributed by atoms with E-state index in [9.17, 15) is 0 Å². The highest BCUT2D eigenvalue weighted by molar-refractivity contribution is 14.1. The summed E-state index contributed by atoms with van der Waals surface area (Å²) in [6, 6.07) is 21.6. The van der Waals surface area contributed by atoms with Gasteiger partial charge in [0.1, 0.15) is 0 Å². The molecule has 0 bridgehead atoms. The molecule has 4 nitrogen and oxygen atoms in total. The average molecular weight is 663 g/mol. The molecule has 1 saturated heterocycles. The maximum Gasteiger partial charge on any atom is 0.261 e. The fourth-order valence-electron chi connectivity index (χ4n) is 5.90. The van der Waals surface area contributed by atoms with Gasteiger partial charge in [-0.1, -0.05) is 117 Å². The van der Waals surface area contributed by atoms with Crippen molar-refractivity contribution in [3.05, 3.63) is 82.0 Å². The molecule has 0 spiro atoms. The molecule has 0 amide bonds. The first-order chi connectivity index (χ1) is 18.4. The Kier molecular flexibility index (Phi) is 11.2. The van der Waals surface area contributed by atoms with E-state index in [4.69, 9.17) is 18.6 Å². The van der Waals surface area contributed by atoms with Crippen molar-refractivity contribution < 1.29 is 18.6 Å². The summed E-state index contributed by atoms with van der Waals surface area (Å²) in [4.78, 5) is 0. The number of methoxy groups -OCH3 is 1. The molecule has 1 aliphatic heterocycles. The SMILES string of the molecule is CO[C@@H](/C(C)=C/CO[Si](c1ccccc1)(c1ccccc1)C(C)(C)C)[C@@H](C)[C@@H]1C[C@@H](/C(C)=C/I)OC(C)(C)O1. The molecule has 0 aromatic heterocycles. The predicted molar refractivity (Wildman–Crippen MR) is 174 cm³/mol. The van der Waals surface area contributed by atoms with Gasteiger partial charge in [-0.2, -0.15) is 0 Å². The minimum absolute atomic E-state index is 0.0101. The number of hydrogen-bond donors (Lipinski definition) is 0. The first-order valence-electron chi connectivity index (χ1n) is 13.9. The summed E-state index contributed by atoms with van der Waals surface area (Å²) in [5.41, 5.74) is 2.39. The van der Waals surface area contributed by atoms with Crippen LogP contribution < -0.4 is 10.4 Å². The normalized spacial score (nSPS) is 22.4. The lowest BCUT2D eigenvalue weighted by molar-refractivity contribution is -0.303. The second-order valence-corrected chi connectivity index (χ2v) is 17.1. The van der Waals surface area contributed by atoms with Crippen molar-refractivity contribution in [2.24, 2.45) is 5.92 Å². The Morgan fingerprint density at radius 1 is 1.03 bits per heavy atom. The average Bonchev–Trinajstić information content (AvgIpc) is 2.90. The molecular weight excluding hydrogens is 615 g/mol. The van der Waals surface area contributed by atoms with E-state index in [1.807, 2.05) is 13.8 Å². The van der Waals surface area contributed by atoms with Crippen LogP contribution in [-0.2, 0) is 18.6 Å². The number of ether oxygens (including phenoxy) is 3. The van der Waals surface area contributed by atoms with Crippen molar-refractivity contribution >= 4 is 41.3 Å². The van der Waals surface area contributed by atoms with E-state index < -0.39 is 14.1 Å². The van der Waals surface area contributed by atoms with Gasteiger partial charge in [0.15, 0.2) is 5.79 Å². The van der Waals surface area contributed by atoms with Crippen LogP contribution in [-0.4, -0.2) is 46.1 Å². The molecule has 0 N–H and O–H groups in total. The summed E-state index contributed by atoms with van der Waals surface area (Å²) in [5, 5.41) is 2.51. The lowest BCUT2D eigenvalue weighted by Gasteiger charge is -2.44. The molecule has 214 valence electrons. The summed E-state index contributed by atoms with van der Waals surface area (Å²) in [6.45, 7) is 17.9. The molecule has 1 heterocycles. The van der Waals surface area contributed by atoms with Crippen LogP contribution in [0, 0.1) is 5.92 Å². The Morgan fingerprint density at radius 2 is 1.56 bits per heavy atom. The van der Waals surface area contributed by atoms with Gasteiger partial charge in [-0.3, -0.25) is 0 Å². The van der Waals surface area contributed by atoms with Gasteiger partial charge in [0.05, 0.1) is 24.9 Å². The van der Waals surface area contributed by atoms with Crippen LogP contribution in [0.3, 0.4) is 0 Å². The van der Waals surface area contributed by atoms with Gasteiger partial charge < -0.3 is 18.6 Å². The molecule has 0 aliphatic carbocycles. The summed E-state index contributed by atoms with van der Waals surface area (Å²) >= 11 is 2.29. The third kappa shape index (κ3) is 7.51. The zero-order valence-corrected chi connectivity index (χ0v) is 28.3. The first-order valence-corrected chi connectivity index (χ1v) is 17.1. The fourth-order valence-corrected chi connectivity index (χ4v) is 10.8. The molecule has 4 atom stereocenters. The van der Waals surface area contributed by atoms with Gasteiger partial charge in [0.2, 0.25) is 0 Å². The maximum atomic E-state index is 7.10. The molecule has 1 fully saturated rings. The molecule has 2 aromatic carbocycles. The summed E-state index contributed by atoms with van der Waals surface area (Å²) in [5.74, 6) is -0.503. The maximum absolute atomic E-state index is 7.10. The Balaban J connectivity index is 1.88. The zero-order valence-electron chi connectivity index (χ0n) is 25.2. The smallest absolute Gasteiger partial charge is 0.261 e. The molecule has 0 radical (unpaired) electrons. The molecule has 3 rings (SSSR count). The quantitative estimate of drug-likeness (QED) is 0.151. The van der Waals surface area contributed by atoms with Crippen molar-refractivity contribution in [3.63, 3.8) is 0 Å². The van der Waals surface area contributed by atoms with Crippen molar-refractivity contribution in [1.29, 1.82) is 0 Å². The standard InChI is InChI=1S/C33H47IO4Si/c1-24(31(35-9)26(3)30-22-29(25(2)23-34)37-33(7,8)38-30)20-21-36-39(32(4,5)6,27-16-12-10-13-17-27)28-18-14-11-15-19-28/h10-20,23,26,29-31H,21-22H2,1-9H3/b24-20+,25-23+/t26-,29-,30-,31-/m0/s1. The summed E-state index contributed by atoms with van der Waals surface area (Å²) in [6.07, 6.45) is 2.98. The molecule has 0 saturated carbocycles. The molecule has 39 heavy (non-hydrogen) atoms. The van der Waals surface area contributed by atoms with E-state index >= 15 is 0 Å². The Morgan fingerprint density at radius 3 is 2.03 bits per heavy atom. The van der Waals surface area contributed by atoms with Crippen LogP contribution in [0.5, 0.6) is 0 Å². The molecule has 0 unspecified atom stereocenters. The van der Waals surface area contributed by atoms with E-state index in [0.29, 0.717) is 6.61 Å². The Hall–Kier alpha value is -1.29.